The molecule has 7 heteroatoms. The third kappa shape index (κ3) is 4.38. The fourth-order valence-electron chi connectivity index (χ4n) is 2.23. The van der Waals surface area contributed by atoms with Gasteiger partial charge in [-0.05, 0) is 36.4 Å². The molecule has 0 saturated carbocycles. The van der Waals surface area contributed by atoms with E-state index in [-0.39, 0.29) is 24.8 Å². The van der Waals surface area contributed by atoms with E-state index in [0.29, 0.717) is 11.5 Å². The summed E-state index contributed by atoms with van der Waals surface area (Å²) >= 11 is 0. The van der Waals surface area contributed by atoms with Gasteiger partial charge in [0.25, 0.3) is 5.91 Å². The van der Waals surface area contributed by atoms with Crippen LogP contribution in [0.5, 0.6) is 11.5 Å². The van der Waals surface area contributed by atoms with Gasteiger partial charge >= 0.3 is 0 Å². The second kappa shape index (κ2) is 8.15. The first-order valence-corrected chi connectivity index (χ1v) is 7.90. The summed E-state index contributed by atoms with van der Waals surface area (Å²) < 4.78 is 28.9. The highest BCUT2D eigenvalue weighted by molar-refractivity contribution is 5.77. The van der Waals surface area contributed by atoms with E-state index in [1.807, 2.05) is 24.3 Å². The first-order chi connectivity index (χ1) is 12.7. The lowest BCUT2D eigenvalue weighted by molar-refractivity contribution is -0.123. The van der Waals surface area contributed by atoms with Crippen molar-refractivity contribution in [3.8, 4) is 22.8 Å². The molecule has 0 atom stereocenters. The van der Waals surface area contributed by atoms with Crippen LogP contribution in [0, 0.1) is 5.82 Å². The Bertz CT molecular complexity index is 877. The van der Waals surface area contributed by atoms with Crippen molar-refractivity contribution in [2.45, 2.75) is 6.54 Å². The summed E-state index contributed by atoms with van der Waals surface area (Å²) in [6.45, 7) is -0.108. The molecule has 0 radical (unpaired) electrons. The van der Waals surface area contributed by atoms with Crippen molar-refractivity contribution in [2.75, 3.05) is 13.7 Å². The van der Waals surface area contributed by atoms with E-state index in [2.05, 4.69) is 10.5 Å². The molecule has 0 bridgehead atoms. The first-order valence-electron chi connectivity index (χ1n) is 7.90. The van der Waals surface area contributed by atoms with Gasteiger partial charge in [-0.2, -0.15) is 0 Å². The summed E-state index contributed by atoms with van der Waals surface area (Å²) in [5.74, 6) is 0.462. The first kappa shape index (κ1) is 17.5. The van der Waals surface area contributed by atoms with Crippen molar-refractivity contribution in [1.82, 2.24) is 10.5 Å². The molecule has 0 aliphatic carbocycles. The molecule has 2 aromatic carbocycles. The maximum atomic E-state index is 13.4. The smallest absolute Gasteiger partial charge is 0.258 e. The highest BCUT2D eigenvalue weighted by Gasteiger charge is 2.10. The number of carbonyl (C=O) groups excluding carboxylic acids is 1. The van der Waals surface area contributed by atoms with Gasteiger partial charge in [0.2, 0.25) is 0 Å². The number of halogens is 1. The van der Waals surface area contributed by atoms with E-state index in [9.17, 15) is 9.18 Å². The molecule has 3 aromatic rings. The van der Waals surface area contributed by atoms with Crippen molar-refractivity contribution < 1.29 is 23.2 Å². The minimum absolute atomic E-state index is 0.0332. The molecule has 0 spiro atoms. The zero-order valence-corrected chi connectivity index (χ0v) is 14.1. The number of methoxy groups -OCH3 is 1. The van der Waals surface area contributed by atoms with Gasteiger partial charge < -0.3 is 19.3 Å². The van der Waals surface area contributed by atoms with Crippen molar-refractivity contribution in [2.24, 2.45) is 0 Å². The zero-order chi connectivity index (χ0) is 18.4. The lowest BCUT2D eigenvalue weighted by Crippen LogP contribution is -2.28. The normalized spacial score (nSPS) is 10.4. The average Bonchev–Trinajstić information content (AvgIpc) is 3.15. The molecule has 26 heavy (non-hydrogen) atoms. The molecule has 0 saturated heterocycles. The van der Waals surface area contributed by atoms with E-state index < -0.39 is 5.82 Å². The summed E-state index contributed by atoms with van der Waals surface area (Å²) in [5.41, 5.74) is 1.41. The summed E-state index contributed by atoms with van der Waals surface area (Å²) in [4.78, 5) is 11.8. The summed E-state index contributed by atoms with van der Waals surface area (Å²) in [7, 11) is 1.60. The number of carbonyl (C=O) groups is 1. The topological polar surface area (TPSA) is 73.6 Å². The summed E-state index contributed by atoms with van der Waals surface area (Å²) in [6, 6.07) is 15.0. The number of aromatic nitrogens is 1. The van der Waals surface area contributed by atoms with Crippen LogP contribution in [-0.2, 0) is 11.3 Å². The number of hydrogen-bond donors (Lipinski definition) is 1. The van der Waals surface area contributed by atoms with Crippen LogP contribution in [-0.4, -0.2) is 24.8 Å². The maximum absolute atomic E-state index is 13.4. The molecule has 3 rings (SSSR count). The predicted octanol–water partition coefficient (Wildman–Crippen LogP) is 3.18. The van der Waals surface area contributed by atoms with Crippen molar-refractivity contribution in [3.63, 3.8) is 0 Å². The fraction of sp³-hybridized carbons (Fsp3) is 0.158. The fourth-order valence-corrected chi connectivity index (χ4v) is 2.23. The van der Waals surface area contributed by atoms with Gasteiger partial charge in [0.1, 0.15) is 11.4 Å². The number of hydrogen-bond acceptors (Lipinski definition) is 5. The number of benzene rings is 2. The van der Waals surface area contributed by atoms with Crippen LogP contribution < -0.4 is 14.8 Å². The van der Waals surface area contributed by atoms with Crippen molar-refractivity contribution >= 4 is 5.91 Å². The second-order valence-electron chi connectivity index (χ2n) is 5.41. The molecule has 0 unspecified atom stereocenters. The van der Waals surface area contributed by atoms with Crippen LogP contribution in [0.25, 0.3) is 11.3 Å². The van der Waals surface area contributed by atoms with Crippen LogP contribution in [0.4, 0.5) is 4.39 Å². The number of ether oxygens (including phenoxy) is 2. The van der Waals surface area contributed by atoms with Crippen LogP contribution in [0.2, 0.25) is 0 Å². The molecule has 1 heterocycles. The van der Waals surface area contributed by atoms with Gasteiger partial charge in [-0.15, -0.1) is 0 Å². The zero-order valence-electron chi connectivity index (χ0n) is 14.1. The van der Waals surface area contributed by atoms with E-state index >= 15 is 0 Å². The van der Waals surface area contributed by atoms with Crippen LogP contribution in [0.15, 0.2) is 59.1 Å². The largest absolute Gasteiger partial charge is 0.497 e. The van der Waals surface area contributed by atoms with E-state index in [1.54, 1.807) is 25.3 Å². The van der Waals surface area contributed by atoms with Gasteiger partial charge in [0, 0.05) is 11.6 Å². The van der Waals surface area contributed by atoms with E-state index in [4.69, 9.17) is 14.0 Å². The van der Waals surface area contributed by atoms with Gasteiger partial charge in [0.15, 0.2) is 23.9 Å². The third-order valence-corrected chi connectivity index (χ3v) is 3.60. The Morgan fingerprint density at radius 1 is 1.19 bits per heavy atom. The van der Waals surface area contributed by atoms with Gasteiger partial charge in [-0.3, -0.25) is 4.79 Å². The van der Waals surface area contributed by atoms with Crippen LogP contribution in [0.1, 0.15) is 5.69 Å². The van der Waals surface area contributed by atoms with Gasteiger partial charge in [-0.25, -0.2) is 4.39 Å². The SMILES string of the molecule is COc1ccc(-c2cc(CNC(=O)COc3ccccc3F)no2)cc1. The molecule has 0 aliphatic heterocycles. The van der Waals surface area contributed by atoms with Gasteiger partial charge in [-0.1, -0.05) is 17.3 Å². The Balaban J connectivity index is 1.51. The number of nitrogens with one attached hydrogen (secondary N) is 1. The third-order valence-electron chi connectivity index (χ3n) is 3.60. The maximum Gasteiger partial charge on any atom is 0.258 e. The van der Waals surface area contributed by atoms with Crippen LogP contribution in [0.3, 0.4) is 0 Å². The van der Waals surface area contributed by atoms with Crippen molar-refractivity contribution in [1.29, 1.82) is 0 Å². The Morgan fingerprint density at radius 3 is 2.69 bits per heavy atom. The Kier molecular flexibility index (Phi) is 5.48. The molecule has 0 fully saturated rings. The Morgan fingerprint density at radius 2 is 1.96 bits per heavy atom. The van der Waals surface area contributed by atoms with E-state index in [1.165, 1.54) is 12.1 Å². The minimum Gasteiger partial charge on any atom is -0.497 e. The molecule has 134 valence electrons. The Labute approximate surface area is 149 Å². The second-order valence-corrected chi connectivity index (χ2v) is 5.41. The molecule has 1 amide bonds. The average molecular weight is 356 g/mol. The number of nitrogens with zero attached hydrogens (tertiary/aromatic N) is 1. The quantitative estimate of drug-likeness (QED) is 0.704. The number of amides is 1. The molecular weight excluding hydrogens is 339 g/mol. The highest BCUT2D eigenvalue weighted by Crippen LogP contribution is 2.23. The lowest BCUT2D eigenvalue weighted by atomic mass is 10.1. The highest BCUT2D eigenvalue weighted by atomic mass is 19.1. The monoisotopic (exact) mass is 356 g/mol. The molecule has 6 nitrogen and oxygen atoms in total. The van der Waals surface area contributed by atoms with Gasteiger partial charge in [0.05, 0.1) is 13.7 Å². The standard InChI is InChI=1S/C19H17FN2O4/c1-24-15-8-6-13(7-9-15)18-10-14(22-26-18)11-21-19(23)12-25-17-5-3-2-4-16(17)20/h2-10H,11-12H2,1H3,(H,21,23). The predicted molar refractivity (Wildman–Crippen MR) is 92.2 cm³/mol. The lowest BCUT2D eigenvalue weighted by Gasteiger charge is -2.06. The van der Waals surface area contributed by atoms with Crippen LogP contribution >= 0.6 is 0 Å². The van der Waals surface area contributed by atoms with Crippen molar-refractivity contribution in [3.05, 3.63) is 66.1 Å². The van der Waals surface area contributed by atoms with E-state index in [0.717, 1.165) is 11.3 Å². The molecular formula is C19H17FN2O4. The molecule has 1 N–H and O–H groups in total. The molecule has 0 aliphatic rings. The number of rotatable bonds is 7. The molecule has 1 aromatic heterocycles. The Hall–Kier alpha value is -3.35. The minimum atomic E-state index is -0.513. The summed E-state index contributed by atoms with van der Waals surface area (Å²) in [6.07, 6.45) is 0. The summed E-state index contributed by atoms with van der Waals surface area (Å²) in [5, 5.41) is 6.56. The number of para-hydroxylation sites is 1.